The lowest BCUT2D eigenvalue weighted by molar-refractivity contribution is 0.0673. The molecule has 0 aliphatic carbocycles. The van der Waals surface area contributed by atoms with Gasteiger partial charge in [-0.1, -0.05) is 6.92 Å². The second-order valence-corrected chi connectivity index (χ2v) is 6.36. The molecule has 2 aliphatic rings. The van der Waals surface area contributed by atoms with Crippen LogP contribution < -0.4 is 10.9 Å². The molecule has 7 nitrogen and oxygen atoms in total. The fraction of sp³-hybridized carbons (Fsp3) is 0.667. The average molecular weight is 303 g/mol. The Morgan fingerprint density at radius 1 is 1.32 bits per heavy atom. The number of aromatic nitrogens is 4. The molecule has 2 aromatic heterocycles. The lowest BCUT2D eigenvalue weighted by atomic mass is 9.97. The molecule has 22 heavy (non-hydrogen) atoms. The minimum atomic E-state index is -0.0857. The minimum Gasteiger partial charge on any atom is -0.381 e. The number of hydrogen-bond acceptors (Lipinski definition) is 5. The molecular formula is C15H21N5O2. The largest absolute Gasteiger partial charge is 0.381 e. The van der Waals surface area contributed by atoms with E-state index < -0.39 is 0 Å². The van der Waals surface area contributed by atoms with E-state index in [-0.39, 0.29) is 17.5 Å². The molecular weight excluding hydrogens is 282 g/mol. The molecule has 2 N–H and O–H groups in total. The standard InChI is InChI=1S/C15H21N5O2/c1-9-6-16-7-11(9)13-18-14-12(15(21)19-13)8-17-20(14)10-2-4-22-5-3-10/h8-11,16H,2-7H2,1H3,(H,18,19,21). The van der Waals surface area contributed by atoms with Gasteiger partial charge in [0.25, 0.3) is 5.56 Å². The highest BCUT2D eigenvalue weighted by Gasteiger charge is 2.28. The van der Waals surface area contributed by atoms with Gasteiger partial charge >= 0.3 is 0 Å². The Morgan fingerprint density at radius 2 is 2.14 bits per heavy atom. The van der Waals surface area contributed by atoms with E-state index in [2.05, 4.69) is 22.3 Å². The van der Waals surface area contributed by atoms with Crippen molar-refractivity contribution in [1.29, 1.82) is 0 Å². The fourth-order valence-electron chi connectivity index (χ4n) is 3.50. The Bertz CT molecular complexity index is 731. The Labute approximate surface area is 128 Å². The molecule has 0 amide bonds. The van der Waals surface area contributed by atoms with E-state index in [4.69, 9.17) is 9.72 Å². The van der Waals surface area contributed by atoms with E-state index in [1.807, 2.05) is 4.68 Å². The maximum absolute atomic E-state index is 12.4. The molecule has 2 unspecified atom stereocenters. The quantitative estimate of drug-likeness (QED) is 0.857. The number of hydrogen-bond donors (Lipinski definition) is 2. The molecule has 2 fully saturated rings. The Hall–Kier alpha value is -1.73. The van der Waals surface area contributed by atoms with Crippen LogP contribution in [0.3, 0.4) is 0 Å². The van der Waals surface area contributed by atoms with Gasteiger partial charge in [0, 0.05) is 25.7 Å². The molecule has 0 spiro atoms. The summed E-state index contributed by atoms with van der Waals surface area (Å²) in [5, 5.41) is 8.37. The van der Waals surface area contributed by atoms with Crippen molar-refractivity contribution in [1.82, 2.24) is 25.1 Å². The van der Waals surface area contributed by atoms with Crippen molar-refractivity contribution < 1.29 is 4.74 Å². The second kappa shape index (κ2) is 5.48. The SMILES string of the molecule is CC1CNCC1c1nc2c(cnn2C2CCOCC2)c(=O)[nH]1. The topological polar surface area (TPSA) is 84.8 Å². The predicted molar refractivity (Wildman–Crippen MR) is 82.0 cm³/mol. The first kappa shape index (κ1) is 13.9. The highest BCUT2D eigenvalue weighted by molar-refractivity contribution is 5.73. The lowest BCUT2D eigenvalue weighted by Crippen LogP contribution is -2.23. The van der Waals surface area contributed by atoms with Gasteiger partial charge in [-0.25, -0.2) is 9.67 Å². The third-order valence-corrected chi connectivity index (χ3v) is 4.89. The second-order valence-electron chi connectivity index (χ2n) is 6.36. The first-order chi connectivity index (χ1) is 10.7. The van der Waals surface area contributed by atoms with E-state index in [0.29, 0.717) is 17.0 Å². The van der Waals surface area contributed by atoms with Crippen molar-refractivity contribution in [2.75, 3.05) is 26.3 Å². The van der Waals surface area contributed by atoms with Crippen LogP contribution in [0.4, 0.5) is 0 Å². The predicted octanol–water partition coefficient (Wildman–Crippen LogP) is 0.794. The highest BCUT2D eigenvalue weighted by Crippen LogP contribution is 2.27. The highest BCUT2D eigenvalue weighted by atomic mass is 16.5. The molecule has 7 heteroatoms. The minimum absolute atomic E-state index is 0.0857. The Kier molecular flexibility index (Phi) is 3.46. The zero-order valence-corrected chi connectivity index (χ0v) is 12.7. The molecule has 0 radical (unpaired) electrons. The summed E-state index contributed by atoms with van der Waals surface area (Å²) in [6.07, 6.45) is 3.47. The van der Waals surface area contributed by atoms with Gasteiger partial charge in [-0.2, -0.15) is 5.10 Å². The van der Waals surface area contributed by atoms with E-state index in [1.54, 1.807) is 6.20 Å². The summed E-state index contributed by atoms with van der Waals surface area (Å²) >= 11 is 0. The van der Waals surface area contributed by atoms with Crippen LogP contribution in [0.25, 0.3) is 11.0 Å². The smallest absolute Gasteiger partial charge is 0.262 e. The van der Waals surface area contributed by atoms with E-state index in [1.165, 1.54) is 0 Å². The van der Waals surface area contributed by atoms with Gasteiger partial charge in [0.1, 0.15) is 11.2 Å². The van der Waals surface area contributed by atoms with Crippen LogP contribution >= 0.6 is 0 Å². The van der Waals surface area contributed by atoms with Crippen molar-refractivity contribution in [2.24, 2.45) is 5.92 Å². The molecule has 0 bridgehead atoms. The molecule has 0 aromatic carbocycles. The lowest BCUT2D eigenvalue weighted by Gasteiger charge is -2.23. The molecule has 4 rings (SSSR count). The summed E-state index contributed by atoms with van der Waals surface area (Å²) in [6.45, 7) is 5.49. The molecule has 2 aromatic rings. The van der Waals surface area contributed by atoms with Crippen LogP contribution in [0.1, 0.15) is 37.5 Å². The van der Waals surface area contributed by atoms with Crippen molar-refractivity contribution in [3.8, 4) is 0 Å². The summed E-state index contributed by atoms with van der Waals surface area (Å²) in [4.78, 5) is 20.1. The third kappa shape index (κ3) is 2.24. The number of rotatable bonds is 2. The molecule has 2 atom stereocenters. The maximum Gasteiger partial charge on any atom is 0.262 e. The van der Waals surface area contributed by atoms with Crippen LogP contribution in [0.2, 0.25) is 0 Å². The summed E-state index contributed by atoms with van der Waals surface area (Å²) < 4.78 is 7.34. The van der Waals surface area contributed by atoms with Gasteiger partial charge in [0.2, 0.25) is 0 Å². The van der Waals surface area contributed by atoms with Crippen LogP contribution in [0.15, 0.2) is 11.0 Å². The first-order valence-electron chi connectivity index (χ1n) is 8.00. The molecule has 2 aliphatic heterocycles. The maximum atomic E-state index is 12.4. The van der Waals surface area contributed by atoms with Crippen molar-refractivity contribution in [2.45, 2.75) is 31.7 Å². The van der Waals surface area contributed by atoms with Gasteiger partial charge in [-0.3, -0.25) is 4.79 Å². The van der Waals surface area contributed by atoms with Crippen LogP contribution in [-0.4, -0.2) is 46.1 Å². The Morgan fingerprint density at radius 3 is 2.86 bits per heavy atom. The van der Waals surface area contributed by atoms with Crippen LogP contribution in [-0.2, 0) is 4.74 Å². The molecule has 0 saturated carbocycles. The van der Waals surface area contributed by atoms with E-state index in [0.717, 1.165) is 45.0 Å². The van der Waals surface area contributed by atoms with Crippen molar-refractivity contribution in [3.05, 3.63) is 22.4 Å². The first-order valence-corrected chi connectivity index (χ1v) is 8.00. The van der Waals surface area contributed by atoms with E-state index >= 15 is 0 Å². The van der Waals surface area contributed by atoms with Crippen molar-refractivity contribution in [3.63, 3.8) is 0 Å². The number of H-pyrrole nitrogens is 1. The zero-order chi connectivity index (χ0) is 15.1. The number of nitrogens with zero attached hydrogens (tertiary/aromatic N) is 3. The number of ether oxygens (including phenoxy) is 1. The van der Waals surface area contributed by atoms with Gasteiger partial charge in [-0.05, 0) is 25.3 Å². The Balaban J connectivity index is 1.79. The van der Waals surface area contributed by atoms with Crippen molar-refractivity contribution >= 4 is 11.0 Å². The van der Waals surface area contributed by atoms with Crippen LogP contribution in [0.5, 0.6) is 0 Å². The number of aromatic amines is 1. The number of fused-ring (bicyclic) bond motifs is 1. The normalized spacial score (nSPS) is 26.8. The molecule has 4 heterocycles. The molecule has 118 valence electrons. The monoisotopic (exact) mass is 303 g/mol. The zero-order valence-electron chi connectivity index (χ0n) is 12.7. The van der Waals surface area contributed by atoms with Crippen LogP contribution in [0, 0.1) is 5.92 Å². The number of nitrogens with one attached hydrogen (secondary N) is 2. The summed E-state index contributed by atoms with van der Waals surface area (Å²) in [5.74, 6) is 1.51. The van der Waals surface area contributed by atoms with Gasteiger partial charge in [0.05, 0.1) is 12.2 Å². The summed E-state index contributed by atoms with van der Waals surface area (Å²) in [6, 6.07) is 0.271. The fourth-order valence-corrected chi connectivity index (χ4v) is 3.50. The average Bonchev–Trinajstić information content (AvgIpc) is 3.14. The van der Waals surface area contributed by atoms with E-state index in [9.17, 15) is 4.79 Å². The van der Waals surface area contributed by atoms with Gasteiger partial charge in [0.15, 0.2) is 5.65 Å². The van der Waals surface area contributed by atoms with Gasteiger partial charge < -0.3 is 15.0 Å². The third-order valence-electron chi connectivity index (χ3n) is 4.89. The molecule has 2 saturated heterocycles. The van der Waals surface area contributed by atoms with Gasteiger partial charge in [-0.15, -0.1) is 0 Å². The summed E-state index contributed by atoms with van der Waals surface area (Å²) in [7, 11) is 0. The summed E-state index contributed by atoms with van der Waals surface area (Å²) in [5.41, 5.74) is 0.627.